The van der Waals surface area contributed by atoms with Crippen molar-refractivity contribution in [2.24, 2.45) is 23.5 Å². The van der Waals surface area contributed by atoms with Gasteiger partial charge in [-0.2, -0.15) is 0 Å². The van der Waals surface area contributed by atoms with Crippen LogP contribution in [-0.4, -0.2) is 25.7 Å². The maximum absolute atomic E-state index is 11.5. The molecule has 0 aromatic carbocycles. The Kier molecular flexibility index (Phi) is 2.22. The zero-order chi connectivity index (χ0) is 9.26. The second kappa shape index (κ2) is 3.38. The molecule has 2 unspecified atom stereocenters. The summed E-state index contributed by atoms with van der Waals surface area (Å²) in [6.45, 7) is 2.05. The molecule has 2 fully saturated rings. The van der Waals surface area contributed by atoms with E-state index >= 15 is 0 Å². The standard InChI is InChI=1S/C9H14N2O2/c10-2-1-3-11-9(12)8-6-4-13-5-7(6)8/h1-2,6-8H,3-5,10H2,(H,11,12)/b2-1+. The van der Waals surface area contributed by atoms with Crippen LogP contribution in [0.4, 0.5) is 0 Å². The number of ether oxygens (including phenoxy) is 1. The van der Waals surface area contributed by atoms with Crippen LogP contribution in [0.1, 0.15) is 0 Å². The first-order valence-corrected chi connectivity index (χ1v) is 4.57. The van der Waals surface area contributed by atoms with Gasteiger partial charge in [0.05, 0.1) is 13.2 Å². The van der Waals surface area contributed by atoms with Crippen molar-refractivity contribution in [2.45, 2.75) is 0 Å². The smallest absolute Gasteiger partial charge is 0.224 e. The molecule has 1 saturated carbocycles. The molecule has 0 bridgehead atoms. The Morgan fingerprint density at radius 2 is 2.23 bits per heavy atom. The van der Waals surface area contributed by atoms with E-state index in [1.165, 1.54) is 6.20 Å². The quantitative estimate of drug-likeness (QED) is 0.616. The number of carbonyl (C=O) groups is 1. The largest absolute Gasteiger partial charge is 0.405 e. The van der Waals surface area contributed by atoms with Gasteiger partial charge in [-0.3, -0.25) is 4.79 Å². The molecule has 0 radical (unpaired) electrons. The molecule has 13 heavy (non-hydrogen) atoms. The van der Waals surface area contributed by atoms with Crippen molar-refractivity contribution < 1.29 is 9.53 Å². The Morgan fingerprint density at radius 1 is 1.54 bits per heavy atom. The average Bonchev–Trinajstić information content (AvgIpc) is 2.61. The molecule has 2 aliphatic rings. The minimum atomic E-state index is 0.149. The fourth-order valence-corrected chi connectivity index (χ4v) is 1.97. The van der Waals surface area contributed by atoms with Crippen LogP contribution >= 0.6 is 0 Å². The maximum atomic E-state index is 11.5. The number of nitrogens with one attached hydrogen (secondary N) is 1. The lowest BCUT2D eigenvalue weighted by Crippen LogP contribution is -2.27. The molecule has 0 aromatic rings. The Hall–Kier alpha value is -1.03. The average molecular weight is 182 g/mol. The van der Waals surface area contributed by atoms with Crippen LogP contribution < -0.4 is 11.1 Å². The summed E-state index contributed by atoms with van der Waals surface area (Å²) in [6, 6.07) is 0. The van der Waals surface area contributed by atoms with Crippen molar-refractivity contribution in [1.82, 2.24) is 5.32 Å². The van der Waals surface area contributed by atoms with Gasteiger partial charge in [0.25, 0.3) is 0 Å². The second-order valence-corrected chi connectivity index (χ2v) is 3.56. The lowest BCUT2D eigenvalue weighted by Gasteiger charge is -2.03. The predicted molar refractivity (Wildman–Crippen MR) is 47.6 cm³/mol. The van der Waals surface area contributed by atoms with Crippen molar-refractivity contribution in [3.63, 3.8) is 0 Å². The molecule has 4 heteroatoms. The number of fused-ring (bicyclic) bond motifs is 1. The Balaban J connectivity index is 1.74. The van der Waals surface area contributed by atoms with E-state index in [1.807, 2.05) is 0 Å². The molecule has 1 aliphatic heterocycles. The topological polar surface area (TPSA) is 64.3 Å². The van der Waals surface area contributed by atoms with Gasteiger partial charge in [-0.1, -0.05) is 0 Å². The highest BCUT2D eigenvalue weighted by Gasteiger charge is 2.57. The van der Waals surface area contributed by atoms with E-state index in [1.54, 1.807) is 6.08 Å². The molecule has 2 rings (SSSR count). The van der Waals surface area contributed by atoms with Gasteiger partial charge in [-0.15, -0.1) is 0 Å². The normalized spacial score (nSPS) is 36.2. The summed E-state index contributed by atoms with van der Waals surface area (Å²) in [4.78, 5) is 11.5. The molecule has 1 aliphatic carbocycles. The summed E-state index contributed by atoms with van der Waals surface area (Å²) in [6.07, 6.45) is 3.17. The van der Waals surface area contributed by atoms with Gasteiger partial charge in [0, 0.05) is 12.5 Å². The summed E-state index contributed by atoms with van der Waals surface area (Å²) in [5.74, 6) is 1.33. The van der Waals surface area contributed by atoms with Gasteiger partial charge >= 0.3 is 0 Å². The van der Waals surface area contributed by atoms with E-state index in [9.17, 15) is 4.79 Å². The molecular formula is C9H14N2O2. The van der Waals surface area contributed by atoms with Gasteiger partial charge in [0.15, 0.2) is 0 Å². The highest BCUT2D eigenvalue weighted by molar-refractivity contribution is 5.82. The Labute approximate surface area is 77.1 Å². The molecule has 72 valence electrons. The van der Waals surface area contributed by atoms with Crippen LogP contribution in [0.2, 0.25) is 0 Å². The lowest BCUT2D eigenvalue weighted by atomic mass is 10.3. The Morgan fingerprint density at radius 3 is 2.85 bits per heavy atom. The number of rotatable bonds is 3. The number of hydrogen-bond donors (Lipinski definition) is 2. The first kappa shape index (κ1) is 8.56. The van der Waals surface area contributed by atoms with Crippen LogP contribution in [0.5, 0.6) is 0 Å². The van der Waals surface area contributed by atoms with Crippen LogP contribution in [0.3, 0.4) is 0 Å². The van der Waals surface area contributed by atoms with E-state index in [2.05, 4.69) is 5.32 Å². The van der Waals surface area contributed by atoms with Gasteiger partial charge in [0.2, 0.25) is 5.91 Å². The van der Waals surface area contributed by atoms with Gasteiger partial charge in [0.1, 0.15) is 0 Å². The fraction of sp³-hybridized carbons (Fsp3) is 0.667. The second-order valence-electron chi connectivity index (χ2n) is 3.56. The first-order valence-electron chi connectivity index (χ1n) is 4.57. The summed E-state index contributed by atoms with van der Waals surface area (Å²) in [7, 11) is 0. The van der Waals surface area contributed by atoms with Gasteiger partial charge in [-0.25, -0.2) is 0 Å². The summed E-state index contributed by atoms with van der Waals surface area (Å²) in [5.41, 5.74) is 5.15. The molecule has 4 nitrogen and oxygen atoms in total. The minimum absolute atomic E-state index is 0.149. The van der Waals surface area contributed by atoms with E-state index in [0.29, 0.717) is 18.4 Å². The predicted octanol–water partition coefficient (Wildman–Crippen LogP) is -0.533. The zero-order valence-corrected chi connectivity index (χ0v) is 7.40. The zero-order valence-electron chi connectivity index (χ0n) is 7.40. The molecule has 1 saturated heterocycles. The fourth-order valence-electron chi connectivity index (χ4n) is 1.97. The monoisotopic (exact) mass is 182 g/mol. The number of amides is 1. The van der Waals surface area contributed by atoms with Crippen LogP contribution in [0, 0.1) is 17.8 Å². The SMILES string of the molecule is N/C=C/CNC(=O)C1C2COCC21. The van der Waals surface area contributed by atoms with Crippen molar-refractivity contribution in [2.75, 3.05) is 19.8 Å². The number of hydrogen-bond acceptors (Lipinski definition) is 3. The third kappa shape index (κ3) is 1.54. The van der Waals surface area contributed by atoms with E-state index in [0.717, 1.165) is 13.2 Å². The molecule has 0 spiro atoms. The number of carbonyl (C=O) groups excluding carboxylic acids is 1. The van der Waals surface area contributed by atoms with Gasteiger partial charge < -0.3 is 15.8 Å². The van der Waals surface area contributed by atoms with Gasteiger partial charge in [-0.05, 0) is 24.1 Å². The minimum Gasteiger partial charge on any atom is -0.405 e. The van der Waals surface area contributed by atoms with Crippen LogP contribution in [0.25, 0.3) is 0 Å². The molecule has 0 aromatic heterocycles. The molecule has 3 N–H and O–H groups in total. The van der Waals surface area contributed by atoms with E-state index in [4.69, 9.17) is 10.5 Å². The lowest BCUT2D eigenvalue weighted by molar-refractivity contribution is -0.123. The van der Waals surface area contributed by atoms with Crippen molar-refractivity contribution in [3.8, 4) is 0 Å². The summed E-state index contributed by atoms with van der Waals surface area (Å²) < 4.78 is 5.20. The van der Waals surface area contributed by atoms with E-state index < -0.39 is 0 Å². The van der Waals surface area contributed by atoms with Crippen molar-refractivity contribution in [3.05, 3.63) is 12.3 Å². The third-order valence-corrected chi connectivity index (χ3v) is 2.79. The highest BCUT2D eigenvalue weighted by Crippen LogP contribution is 2.50. The molecule has 1 heterocycles. The Bertz CT molecular complexity index is 230. The summed E-state index contributed by atoms with van der Waals surface area (Å²) >= 11 is 0. The first-order chi connectivity index (χ1) is 6.34. The number of nitrogens with two attached hydrogens (primary N) is 1. The van der Waals surface area contributed by atoms with Crippen LogP contribution in [-0.2, 0) is 9.53 Å². The van der Waals surface area contributed by atoms with Crippen molar-refractivity contribution >= 4 is 5.91 Å². The van der Waals surface area contributed by atoms with Crippen molar-refractivity contribution in [1.29, 1.82) is 0 Å². The van der Waals surface area contributed by atoms with Crippen LogP contribution in [0.15, 0.2) is 12.3 Å². The molecule has 2 atom stereocenters. The molecule has 1 amide bonds. The molecular weight excluding hydrogens is 168 g/mol. The summed E-state index contributed by atoms with van der Waals surface area (Å²) in [5, 5.41) is 2.81. The highest BCUT2D eigenvalue weighted by atomic mass is 16.5. The third-order valence-electron chi connectivity index (χ3n) is 2.79. The van der Waals surface area contributed by atoms with E-state index in [-0.39, 0.29) is 11.8 Å². The maximum Gasteiger partial charge on any atom is 0.224 e.